The number of anilines is 2. The van der Waals surface area contributed by atoms with E-state index in [-0.39, 0.29) is 0 Å². The zero-order valence-corrected chi connectivity index (χ0v) is 23.3. The SMILES string of the molecule is CN(C)c1ccc(C2C([O-])C(c3ccc(N(C)C)c4cc5ccccc5cc34)C2[O-])c2cc3ccccc3cc12. The van der Waals surface area contributed by atoms with Crippen molar-refractivity contribution in [2.45, 2.75) is 24.0 Å². The van der Waals surface area contributed by atoms with Crippen molar-refractivity contribution >= 4 is 54.5 Å². The minimum atomic E-state index is -1.01. The van der Waals surface area contributed by atoms with Gasteiger partial charge in [0.15, 0.2) is 0 Å². The zero-order chi connectivity index (χ0) is 27.7. The van der Waals surface area contributed by atoms with Gasteiger partial charge in [0.1, 0.15) is 0 Å². The molecule has 1 aliphatic carbocycles. The normalized spacial score (nSPS) is 20.8. The smallest absolute Gasteiger partial charge is 0.0441 e. The molecule has 7 rings (SSSR count). The van der Waals surface area contributed by atoms with E-state index in [4.69, 9.17) is 0 Å². The Morgan fingerprint density at radius 3 is 1.10 bits per heavy atom. The number of hydrogen-bond acceptors (Lipinski definition) is 4. The fraction of sp³-hybridized carbons (Fsp3) is 0.222. The highest BCUT2D eigenvalue weighted by Crippen LogP contribution is 2.50. The molecule has 0 N–H and O–H groups in total. The van der Waals surface area contributed by atoms with Gasteiger partial charge in [-0.3, -0.25) is 0 Å². The molecule has 6 aromatic rings. The molecule has 1 saturated carbocycles. The van der Waals surface area contributed by atoms with Crippen LogP contribution in [0.1, 0.15) is 23.0 Å². The van der Waals surface area contributed by atoms with Gasteiger partial charge in [0.05, 0.1) is 0 Å². The Labute approximate surface area is 234 Å². The summed E-state index contributed by atoms with van der Waals surface area (Å²) in [6.07, 6.45) is -2.02. The van der Waals surface area contributed by atoms with Crippen molar-refractivity contribution in [3.05, 3.63) is 108 Å². The number of hydrogen-bond donors (Lipinski definition) is 0. The van der Waals surface area contributed by atoms with Gasteiger partial charge >= 0.3 is 0 Å². The lowest BCUT2D eigenvalue weighted by atomic mass is 9.62. The molecule has 0 saturated heterocycles. The van der Waals surface area contributed by atoms with Gasteiger partial charge in [-0.15, -0.1) is 12.2 Å². The van der Waals surface area contributed by atoms with Gasteiger partial charge in [0.2, 0.25) is 0 Å². The van der Waals surface area contributed by atoms with Crippen molar-refractivity contribution < 1.29 is 10.2 Å². The Morgan fingerprint density at radius 1 is 0.450 bits per heavy atom. The number of benzene rings is 6. The molecule has 0 unspecified atom stereocenters. The van der Waals surface area contributed by atoms with Crippen molar-refractivity contribution in [2.75, 3.05) is 38.0 Å². The first-order valence-electron chi connectivity index (χ1n) is 13.9. The predicted molar refractivity (Wildman–Crippen MR) is 165 cm³/mol. The summed E-state index contributed by atoms with van der Waals surface area (Å²) in [5.41, 5.74) is 3.93. The Hall–Kier alpha value is -4.12. The molecule has 0 heterocycles. The van der Waals surface area contributed by atoms with Crippen LogP contribution in [0.4, 0.5) is 11.4 Å². The van der Waals surface area contributed by atoms with Crippen molar-refractivity contribution in [1.29, 1.82) is 0 Å². The van der Waals surface area contributed by atoms with Crippen molar-refractivity contribution in [2.24, 2.45) is 0 Å². The molecule has 0 radical (unpaired) electrons. The third-order valence-corrected chi connectivity index (χ3v) is 8.88. The molecule has 6 aromatic carbocycles. The van der Waals surface area contributed by atoms with E-state index in [0.29, 0.717) is 0 Å². The number of nitrogens with zero attached hydrogens (tertiary/aromatic N) is 2. The lowest BCUT2D eigenvalue weighted by Gasteiger charge is -2.62. The molecule has 0 amide bonds. The maximum absolute atomic E-state index is 14.1. The van der Waals surface area contributed by atoms with Gasteiger partial charge < -0.3 is 20.0 Å². The number of rotatable bonds is 4. The lowest BCUT2D eigenvalue weighted by Crippen LogP contribution is -2.63. The van der Waals surface area contributed by atoms with Gasteiger partial charge in [-0.05, 0) is 91.7 Å². The van der Waals surface area contributed by atoms with Crippen LogP contribution in [-0.2, 0) is 0 Å². The van der Waals surface area contributed by atoms with E-state index < -0.39 is 24.0 Å². The molecular formula is C36H32N2O2-2. The first-order chi connectivity index (χ1) is 19.3. The largest absolute Gasteiger partial charge is 0.851 e. The molecule has 200 valence electrons. The van der Waals surface area contributed by atoms with E-state index in [1.807, 2.05) is 64.6 Å². The summed E-state index contributed by atoms with van der Waals surface area (Å²) in [6.45, 7) is 0. The maximum Gasteiger partial charge on any atom is 0.0441 e. The lowest BCUT2D eigenvalue weighted by molar-refractivity contribution is -0.535. The first-order valence-corrected chi connectivity index (χ1v) is 13.9. The van der Waals surface area contributed by atoms with Crippen LogP contribution in [-0.4, -0.2) is 40.4 Å². The average Bonchev–Trinajstić information content (AvgIpc) is 2.95. The second-order valence-electron chi connectivity index (χ2n) is 11.6. The topological polar surface area (TPSA) is 52.6 Å². The van der Waals surface area contributed by atoms with Gasteiger partial charge in [-0.25, -0.2) is 0 Å². The fourth-order valence-corrected chi connectivity index (χ4v) is 6.82. The van der Waals surface area contributed by atoms with Crippen LogP contribution in [0.3, 0.4) is 0 Å². The molecule has 0 atom stereocenters. The van der Waals surface area contributed by atoms with Crippen LogP contribution in [0, 0.1) is 0 Å². The summed E-state index contributed by atoms with van der Waals surface area (Å²) in [7, 11) is 8.12. The summed E-state index contributed by atoms with van der Waals surface area (Å²) >= 11 is 0. The van der Waals surface area contributed by atoms with Crippen molar-refractivity contribution in [3.8, 4) is 0 Å². The molecule has 1 fully saturated rings. The Bertz CT molecular complexity index is 1780. The van der Waals surface area contributed by atoms with E-state index in [2.05, 4.69) is 70.5 Å². The van der Waals surface area contributed by atoms with Gasteiger partial charge in [0.25, 0.3) is 0 Å². The highest BCUT2D eigenvalue weighted by molar-refractivity contribution is 6.07. The van der Waals surface area contributed by atoms with Gasteiger partial charge in [0, 0.05) is 50.3 Å². The number of fused-ring (bicyclic) bond motifs is 4. The van der Waals surface area contributed by atoms with E-state index in [1.54, 1.807) is 0 Å². The summed E-state index contributed by atoms with van der Waals surface area (Å²) in [4.78, 5) is 4.19. The quantitative estimate of drug-likeness (QED) is 0.275. The minimum absolute atomic E-state index is 0.589. The summed E-state index contributed by atoms with van der Waals surface area (Å²) in [6, 6.07) is 33.4. The van der Waals surface area contributed by atoms with Crippen LogP contribution in [0.15, 0.2) is 97.1 Å². The van der Waals surface area contributed by atoms with Crippen molar-refractivity contribution in [1.82, 2.24) is 0 Å². The molecule has 0 aromatic heterocycles. The Balaban J connectivity index is 1.37. The highest BCUT2D eigenvalue weighted by atomic mass is 16.3. The van der Waals surface area contributed by atoms with Crippen LogP contribution in [0.25, 0.3) is 43.1 Å². The van der Waals surface area contributed by atoms with E-state index in [9.17, 15) is 10.2 Å². The van der Waals surface area contributed by atoms with E-state index in [0.717, 1.165) is 65.6 Å². The van der Waals surface area contributed by atoms with Gasteiger partial charge in [-0.1, -0.05) is 60.7 Å². The molecule has 4 nitrogen and oxygen atoms in total. The minimum Gasteiger partial charge on any atom is -0.851 e. The first kappa shape index (κ1) is 24.9. The highest BCUT2D eigenvalue weighted by Gasteiger charge is 2.40. The molecule has 1 aliphatic rings. The monoisotopic (exact) mass is 524 g/mol. The summed E-state index contributed by atoms with van der Waals surface area (Å²) < 4.78 is 0. The fourth-order valence-electron chi connectivity index (χ4n) is 6.82. The average molecular weight is 525 g/mol. The molecule has 40 heavy (non-hydrogen) atoms. The zero-order valence-electron chi connectivity index (χ0n) is 23.3. The van der Waals surface area contributed by atoms with Crippen LogP contribution in [0.5, 0.6) is 0 Å². The molecule has 4 heteroatoms. The standard InChI is InChI=1S/C36H32N2O2/c1-37(2)31-15-13-25(27-17-21-9-5-7-11-23(21)19-29(27)31)33-35(39)34(36(33)40)26-14-16-32(38(3)4)30-20-24-12-8-6-10-22(24)18-28(26)30/h5-20,33-36H,1-4H3/q-2. The molecular weight excluding hydrogens is 492 g/mol. The van der Waals surface area contributed by atoms with Crippen LogP contribution in [0.2, 0.25) is 0 Å². The van der Waals surface area contributed by atoms with Crippen LogP contribution >= 0.6 is 0 Å². The second-order valence-corrected chi connectivity index (χ2v) is 11.6. The van der Waals surface area contributed by atoms with Gasteiger partial charge in [-0.2, -0.15) is 0 Å². The van der Waals surface area contributed by atoms with E-state index in [1.165, 1.54) is 0 Å². The van der Waals surface area contributed by atoms with Crippen LogP contribution < -0.4 is 20.0 Å². The molecule has 0 aliphatic heterocycles. The maximum atomic E-state index is 14.1. The molecule has 0 spiro atoms. The van der Waals surface area contributed by atoms with Crippen molar-refractivity contribution in [3.63, 3.8) is 0 Å². The summed E-state index contributed by atoms with van der Waals surface area (Å²) in [5, 5.41) is 36.9. The second kappa shape index (κ2) is 9.22. The third-order valence-electron chi connectivity index (χ3n) is 8.88. The predicted octanol–water partition coefficient (Wildman–Crippen LogP) is 5.77. The van der Waals surface area contributed by atoms with E-state index >= 15 is 0 Å². The Kier molecular flexibility index (Phi) is 5.74. The third kappa shape index (κ3) is 3.67. The molecule has 0 bridgehead atoms. The summed E-state index contributed by atoms with van der Waals surface area (Å²) in [5.74, 6) is -1.18. The Morgan fingerprint density at radius 2 is 0.775 bits per heavy atom.